The zero-order valence-corrected chi connectivity index (χ0v) is 7.16. The monoisotopic (exact) mass is 189 g/mol. The summed E-state index contributed by atoms with van der Waals surface area (Å²) in [6, 6.07) is 6.68. The van der Waals surface area contributed by atoms with Crippen molar-refractivity contribution in [3.8, 4) is 11.4 Å². The molecule has 14 heavy (non-hydrogen) atoms. The Morgan fingerprint density at radius 3 is 2.79 bits per heavy atom. The smallest absolute Gasteiger partial charge is 0.214 e. The van der Waals surface area contributed by atoms with Crippen LogP contribution < -0.4 is 0 Å². The van der Waals surface area contributed by atoms with Gasteiger partial charge in [-0.15, -0.1) is 5.10 Å². The van der Waals surface area contributed by atoms with Gasteiger partial charge in [0, 0.05) is 0 Å². The highest BCUT2D eigenvalue weighted by Crippen LogP contribution is 2.18. The lowest BCUT2D eigenvalue weighted by molar-refractivity contribution is 0.111. The minimum absolute atomic E-state index is 0.0910. The molecule has 1 heterocycles. The number of hydrogen-bond donors (Lipinski definition) is 1. The minimum atomic E-state index is 0.0910. The summed E-state index contributed by atoms with van der Waals surface area (Å²) < 4.78 is 1.35. The second-order valence-corrected chi connectivity index (χ2v) is 2.65. The maximum atomic E-state index is 10.3. The van der Waals surface area contributed by atoms with Crippen molar-refractivity contribution < 1.29 is 9.90 Å². The van der Waals surface area contributed by atoms with Crippen molar-refractivity contribution in [2.24, 2.45) is 0 Å². The molecule has 0 bridgehead atoms. The van der Waals surface area contributed by atoms with Crippen molar-refractivity contribution in [1.29, 1.82) is 0 Å². The quantitative estimate of drug-likeness (QED) is 0.709. The van der Waals surface area contributed by atoms with E-state index in [1.165, 1.54) is 17.1 Å². The first-order chi connectivity index (χ1) is 6.81. The van der Waals surface area contributed by atoms with Crippen LogP contribution >= 0.6 is 0 Å². The lowest BCUT2D eigenvalue weighted by Crippen LogP contribution is -1.95. The van der Waals surface area contributed by atoms with Gasteiger partial charge in [0.1, 0.15) is 17.8 Å². The lowest BCUT2D eigenvalue weighted by Gasteiger charge is -2.01. The molecule has 1 aromatic heterocycles. The van der Waals surface area contributed by atoms with Crippen LogP contribution in [-0.2, 0) is 0 Å². The van der Waals surface area contributed by atoms with Crippen molar-refractivity contribution in [2.75, 3.05) is 0 Å². The number of aromatic hydroxyl groups is 1. The Balaban J connectivity index is 2.49. The van der Waals surface area contributed by atoms with E-state index in [1.807, 2.05) is 0 Å². The van der Waals surface area contributed by atoms with Gasteiger partial charge < -0.3 is 5.11 Å². The number of aldehydes is 1. The van der Waals surface area contributed by atoms with E-state index in [0.29, 0.717) is 12.0 Å². The third-order valence-electron chi connectivity index (χ3n) is 1.74. The maximum Gasteiger partial charge on any atom is 0.214 e. The Kier molecular flexibility index (Phi) is 1.98. The molecule has 2 aromatic rings. The van der Waals surface area contributed by atoms with Crippen LogP contribution in [0.4, 0.5) is 0 Å². The number of phenols is 1. The van der Waals surface area contributed by atoms with E-state index in [4.69, 9.17) is 0 Å². The Labute approximate surface area is 79.6 Å². The number of carbonyl (C=O) groups excluding carboxylic acids is 1. The van der Waals surface area contributed by atoms with Gasteiger partial charge in [-0.1, -0.05) is 12.1 Å². The topological polar surface area (TPSA) is 68.0 Å². The highest BCUT2D eigenvalue weighted by Gasteiger charge is 2.04. The van der Waals surface area contributed by atoms with Crippen LogP contribution in [0.5, 0.6) is 5.75 Å². The molecule has 0 unspecified atom stereocenters. The fourth-order valence-corrected chi connectivity index (χ4v) is 1.10. The van der Waals surface area contributed by atoms with Crippen LogP contribution in [0.2, 0.25) is 0 Å². The molecular formula is C9H7N3O2. The molecule has 0 saturated heterocycles. The number of para-hydroxylation sites is 2. The van der Waals surface area contributed by atoms with Gasteiger partial charge in [-0.2, -0.15) is 0 Å². The normalized spacial score (nSPS) is 10.0. The van der Waals surface area contributed by atoms with Gasteiger partial charge in [-0.25, -0.2) is 9.67 Å². The fraction of sp³-hybridized carbons (Fsp3) is 0. The zero-order valence-electron chi connectivity index (χ0n) is 7.16. The molecular weight excluding hydrogens is 182 g/mol. The van der Waals surface area contributed by atoms with Crippen LogP contribution in [0.15, 0.2) is 30.6 Å². The number of rotatable bonds is 2. The molecule has 0 atom stereocenters. The van der Waals surface area contributed by atoms with Crippen molar-refractivity contribution in [2.45, 2.75) is 0 Å². The summed E-state index contributed by atoms with van der Waals surface area (Å²) >= 11 is 0. The molecule has 0 aliphatic carbocycles. The van der Waals surface area contributed by atoms with Gasteiger partial charge >= 0.3 is 0 Å². The Bertz CT molecular complexity index is 465. The Morgan fingerprint density at radius 2 is 2.14 bits per heavy atom. The van der Waals surface area contributed by atoms with E-state index in [1.54, 1.807) is 18.2 Å². The van der Waals surface area contributed by atoms with E-state index >= 15 is 0 Å². The van der Waals surface area contributed by atoms with Crippen LogP contribution in [0.1, 0.15) is 10.6 Å². The summed E-state index contributed by atoms with van der Waals surface area (Å²) in [6.45, 7) is 0. The predicted molar refractivity (Wildman–Crippen MR) is 48.4 cm³/mol. The molecule has 2 rings (SSSR count). The molecule has 5 heteroatoms. The zero-order chi connectivity index (χ0) is 9.97. The molecule has 1 N–H and O–H groups in total. The van der Waals surface area contributed by atoms with E-state index in [9.17, 15) is 9.90 Å². The predicted octanol–water partition coefficient (Wildman–Crippen LogP) is 0.785. The molecule has 70 valence electrons. The highest BCUT2D eigenvalue weighted by molar-refractivity contribution is 5.68. The standard InChI is InChI=1S/C9H7N3O2/c13-5-9-10-6-12(11-9)7-3-1-2-4-8(7)14/h1-6,14H. The molecule has 0 fully saturated rings. The molecule has 0 saturated carbocycles. The Hall–Kier alpha value is -2.17. The lowest BCUT2D eigenvalue weighted by atomic mass is 10.3. The summed E-state index contributed by atoms with van der Waals surface area (Å²) in [5, 5.41) is 13.3. The van der Waals surface area contributed by atoms with Gasteiger partial charge in [0.05, 0.1) is 0 Å². The minimum Gasteiger partial charge on any atom is -0.506 e. The average molecular weight is 189 g/mol. The summed E-state index contributed by atoms with van der Waals surface area (Å²) in [4.78, 5) is 14.1. The molecule has 0 amide bonds. The summed E-state index contributed by atoms with van der Waals surface area (Å²) in [5.74, 6) is 0.183. The van der Waals surface area contributed by atoms with Gasteiger partial charge in [0.15, 0.2) is 6.29 Å². The summed E-state index contributed by atoms with van der Waals surface area (Å²) in [7, 11) is 0. The average Bonchev–Trinajstić information content (AvgIpc) is 2.67. The second-order valence-electron chi connectivity index (χ2n) is 2.65. The van der Waals surface area contributed by atoms with E-state index in [0.717, 1.165) is 0 Å². The molecule has 1 aromatic carbocycles. The van der Waals surface area contributed by atoms with Gasteiger partial charge in [0.25, 0.3) is 0 Å². The third-order valence-corrected chi connectivity index (χ3v) is 1.74. The highest BCUT2D eigenvalue weighted by atomic mass is 16.3. The first kappa shape index (κ1) is 8.43. The van der Waals surface area contributed by atoms with E-state index in [-0.39, 0.29) is 11.6 Å². The Morgan fingerprint density at radius 1 is 1.36 bits per heavy atom. The molecule has 0 radical (unpaired) electrons. The number of carbonyl (C=O) groups is 1. The second kappa shape index (κ2) is 3.29. The third kappa shape index (κ3) is 1.35. The van der Waals surface area contributed by atoms with Crippen LogP contribution in [-0.4, -0.2) is 26.2 Å². The molecule has 0 aliphatic rings. The first-order valence-electron chi connectivity index (χ1n) is 3.96. The molecule has 5 nitrogen and oxygen atoms in total. The number of nitrogens with zero attached hydrogens (tertiary/aromatic N) is 3. The first-order valence-corrected chi connectivity index (χ1v) is 3.96. The van der Waals surface area contributed by atoms with Gasteiger partial charge in [-0.05, 0) is 12.1 Å². The number of phenolic OH excluding ortho intramolecular Hbond substituents is 1. The number of benzene rings is 1. The van der Waals surface area contributed by atoms with Crippen LogP contribution in [0.3, 0.4) is 0 Å². The maximum absolute atomic E-state index is 10.3. The van der Waals surface area contributed by atoms with Gasteiger partial charge in [0.2, 0.25) is 5.82 Å². The van der Waals surface area contributed by atoms with Crippen molar-refractivity contribution in [3.63, 3.8) is 0 Å². The van der Waals surface area contributed by atoms with Crippen molar-refractivity contribution in [3.05, 3.63) is 36.4 Å². The number of aromatic nitrogens is 3. The molecule has 0 aliphatic heterocycles. The van der Waals surface area contributed by atoms with Crippen molar-refractivity contribution in [1.82, 2.24) is 14.8 Å². The molecule has 0 spiro atoms. The van der Waals surface area contributed by atoms with Crippen LogP contribution in [0.25, 0.3) is 5.69 Å². The van der Waals surface area contributed by atoms with E-state index < -0.39 is 0 Å². The van der Waals surface area contributed by atoms with Gasteiger partial charge in [-0.3, -0.25) is 4.79 Å². The SMILES string of the molecule is O=Cc1ncn(-c2ccccc2O)n1. The van der Waals surface area contributed by atoms with Crippen molar-refractivity contribution >= 4 is 6.29 Å². The number of hydrogen-bond acceptors (Lipinski definition) is 4. The van der Waals surface area contributed by atoms with Crippen LogP contribution in [0, 0.1) is 0 Å². The summed E-state index contributed by atoms with van der Waals surface area (Å²) in [6.07, 6.45) is 1.93. The van der Waals surface area contributed by atoms with E-state index in [2.05, 4.69) is 10.1 Å². The fourth-order valence-electron chi connectivity index (χ4n) is 1.10. The largest absolute Gasteiger partial charge is 0.506 e. The summed E-state index contributed by atoms with van der Waals surface area (Å²) in [5.41, 5.74) is 0.494.